The average Bonchev–Trinajstić information content (AvgIpc) is 3.17. The molecule has 0 fully saturated rings. The minimum Gasteiger partial charge on any atom is -0.508 e. The lowest BCUT2D eigenvalue weighted by Gasteiger charge is -2.35. The Morgan fingerprint density at radius 3 is 2.50 bits per heavy atom. The van der Waals surface area contributed by atoms with E-state index in [9.17, 15) is 9.90 Å². The molecule has 0 amide bonds. The van der Waals surface area contributed by atoms with Gasteiger partial charge in [-0.05, 0) is 47.7 Å². The van der Waals surface area contributed by atoms with Crippen molar-refractivity contribution in [2.75, 3.05) is 25.3 Å². The van der Waals surface area contributed by atoms with E-state index in [0.29, 0.717) is 35.9 Å². The molecular weight excluding hydrogens is 410 g/mol. The Bertz CT molecular complexity index is 1230. The van der Waals surface area contributed by atoms with E-state index in [0.717, 1.165) is 16.8 Å². The molecule has 1 aliphatic carbocycles. The van der Waals surface area contributed by atoms with Gasteiger partial charge in [-0.1, -0.05) is 18.2 Å². The maximum atomic E-state index is 13.5. The number of carbonyl (C=O) groups is 1. The number of Topliss-reactive ketones (excluding diaryl/α,β-unsaturated/α-hetero) is 1. The molecule has 9 nitrogen and oxygen atoms in total. The van der Waals surface area contributed by atoms with Gasteiger partial charge in [0.15, 0.2) is 17.3 Å². The molecule has 4 N–H and O–H groups in total. The first-order valence-electron chi connectivity index (χ1n) is 10.2. The number of hydrogen-bond donors (Lipinski definition) is 3. The van der Waals surface area contributed by atoms with Crippen LogP contribution in [0.25, 0.3) is 0 Å². The van der Waals surface area contributed by atoms with Gasteiger partial charge in [0.05, 0.1) is 14.2 Å². The van der Waals surface area contributed by atoms with Crippen molar-refractivity contribution in [3.63, 3.8) is 0 Å². The van der Waals surface area contributed by atoms with Crippen LogP contribution in [0.4, 0.5) is 11.9 Å². The first-order chi connectivity index (χ1) is 15.5. The molecule has 1 aliphatic heterocycles. The fourth-order valence-electron chi connectivity index (χ4n) is 4.54. The summed E-state index contributed by atoms with van der Waals surface area (Å²) in [5, 5.41) is 17.3. The van der Waals surface area contributed by atoms with Crippen LogP contribution in [0.2, 0.25) is 0 Å². The smallest absolute Gasteiger partial charge is 0.241 e. The third kappa shape index (κ3) is 3.22. The van der Waals surface area contributed by atoms with Gasteiger partial charge in [0, 0.05) is 17.7 Å². The van der Waals surface area contributed by atoms with Gasteiger partial charge < -0.3 is 25.6 Å². The molecule has 2 aliphatic rings. The first-order valence-corrected chi connectivity index (χ1v) is 10.2. The number of phenolic OH excluding ortho intramolecular Hbond substituents is 1. The highest BCUT2D eigenvalue weighted by atomic mass is 16.5. The molecule has 0 saturated heterocycles. The molecule has 2 atom stereocenters. The number of aromatic nitrogens is 3. The quantitative estimate of drug-likeness (QED) is 0.574. The maximum Gasteiger partial charge on any atom is 0.241 e. The van der Waals surface area contributed by atoms with Gasteiger partial charge in [-0.2, -0.15) is 4.98 Å². The van der Waals surface area contributed by atoms with Gasteiger partial charge in [0.2, 0.25) is 11.9 Å². The minimum atomic E-state index is -0.467. The number of ketones is 1. The summed E-state index contributed by atoms with van der Waals surface area (Å²) < 4.78 is 12.4. The van der Waals surface area contributed by atoms with E-state index >= 15 is 0 Å². The van der Waals surface area contributed by atoms with Crippen LogP contribution in [0.15, 0.2) is 53.7 Å². The van der Waals surface area contributed by atoms with Crippen molar-refractivity contribution in [1.82, 2.24) is 14.8 Å². The molecule has 3 aromatic rings. The average molecular weight is 433 g/mol. The zero-order valence-electron chi connectivity index (χ0n) is 17.7. The third-order valence-corrected chi connectivity index (χ3v) is 6.02. The van der Waals surface area contributed by atoms with Gasteiger partial charge in [-0.15, -0.1) is 5.10 Å². The minimum absolute atomic E-state index is 0.0244. The second-order valence-electron chi connectivity index (χ2n) is 7.89. The Balaban J connectivity index is 1.57. The highest BCUT2D eigenvalue weighted by Crippen LogP contribution is 2.45. The molecule has 1 aromatic heterocycles. The van der Waals surface area contributed by atoms with Crippen LogP contribution < -0.4 is 20.5 Å². The summed E-state index contributed by atoms with van der Waals surface area (Å²) >= 11 is 0. The van der Waals surface area contributed by atoms with Gasteiger partial charge in [0.1, 0.15) is 11.8 Å². The van der Waals surface area contributed by atoms with Crippen molar-refractivity contribution in [3.8, 4) is 17.2 Å². The SMILES string of the molecule is COc1ccc(C2CC(=O)C3=C(C2)Nc2nc(N)nn2C3c2ccc(O)cc2)cc1OC. The Hall–Kier alpha value is -4.01. The number of nitrogens with one attached hydrogen (secondary N) is 1. The highest BCUT2D eigenvalue weighted by molar-refractivity contribution is 6.00. The Morgan fingerprint density at radius 2 is 1.78 bits per heavy atom. The summed E-state index contributed by atoms with van der Waals surface area (Å²) in [6, 6.07) is 12.0. The topological polar surface area (TPSA) is 125 Å². The molecule has 0 spiro atoms. The Kier molecular flexibility index (Phi) is 4.73. The number of nitrogens with two attached hydrogens (primary N) is 1. The standard InChI is InChI=1S/C23H23N5O4/c1-31-18-8-5-13(11-19(18)32-2)14-9-16-20(17(30)10-14)21(12-3-6-15(29)7-4-12)28-23(25-16)26-22(24)27-28/h3-8,11,14,21,29H,9-10H2,1-2H3,(H3,24,25,26,27). The van der Waals surface area contributed by atoms with Crippen LogP contribution in [-0.2, 0) is 4.79 Å². The van der Waals surface area contributed by atoms with Crippen molar-refractivity contribution >= 4 is 17.7 Å². The zero-order chi connectivity index (χ0) is 22.4. The molecule has 0 bridgehead atoms. The number of aromatic hydroxyl groups is 1. The molecule has 5 rings (SSSR count). The van der Waals surface area contributed by atoms with E-state index in [2.05, 4.69) is 15.4 Å². The van der Waals surface area contributed by atoms with Crippen molar-refractivity contribution in [2.45, 2.75) is 24.8 Å². The van der Waals surface area contributed by atoms with Crippen LogP contribution in [0.5, 0.6) is 17.2 Å². The lowest BCUT2D eigenvalue weighted by Crippen LogP contribution is -2.33. The number of fused-ring (bicyclic) bond motifs is 1. The van der Waals surface area contributed by atoms with E-state index < -0.39 is 6.04 Å². The number of allylic oxidation sites excluding steroid dienone is 2. The molecule has 0 saturated carbocycles. The largest absolute Gasteiger partial charge is 0.508 e. The predicted molar refractivity (Wildman–Crippen MR) is 118 cm³/mol. The number of rotatable bonds is 4. The van der Waals surface area contributed by atoms with Crippen molar-refractivity contribution < 1.29 is 19.4 Å². The predicted octanol–water partition coefficient (Wildman–Crippen LogP) is 3.00. The van der Waals surface area contributed by atoms with E-state index in [-0.39, 0.29) is 23.4 Å². The lowest BCUT2D eigenvalue weighted by molar-refractivity contribution is -0.116. The molecule has 2 aromatic carbocycles. The van der Waals surface area contributed by atoms with Crippen LogP contribution in [0.1, 0.15) is 35.9 Å². The van der Waals surface area contributed by atoms with Crippen LogP contribution in [-0.4, -0.2) is 39.9 Å². The van der Waals surface area contributed by atoms with Gasteiger partial charge in [0.25, 0.3) is 0 Å². The van der Waals surface area contributed by atoms with Crippen molar-refractivity contribution in [3.05, 3.63) is 64.9 Å². The second-order valence-corrected chi connectivity index (χ2v) is 7.89. The van der Waals surface area contributed by atoms with Gasteiger partial charge in [-0.3, -0.25) is 4.79 Å². The summed E-state index contributed by atoms with van der Waals surface area (Å²) in [6.07, 6.45) is 0.974. The molecule has 2 heterocycles. The molecule has 9 heteroatoms. The van der Waals surface area contributed by atoms with E-state index in [1.165, 1.54) is 0 Å². The molecular formula is C23H23N5O4. The number of phenols is 1. The summed E-state index contributed by atoms with van der Waals surface area (Å²) in [5.74, 6) is 2.03. The number of ether oxygens (including phenoxy) is 2. The molecule has 2 unspecified atom stereocenters. The number of nitrogen functional groups attached to an aromatic ring is 1. The van der Waals surface area contributed by atoms with Gasteiger partial charge in [-0.25, -0.2) is 4.68 Å². The molecule has 164 valence electrons. The summed E-state index contributed by atoms with van der Waals surface area (Å²) in [5.41, 5.74) is 9.14. The van der Waals surface area contributed by atoms with E-state index in [1.54, 1.807) is 43.2 Å². The van der Waals surface area contributed by atoms with E-state index in [4.69, 9.17) is 15.2 Å². The number of benzene rings is 2. The number of anilines is 2. The zero-order valence-corrected chi connectivity index (χ0v) is 17.7. The normalized spacial score (nSPS) is 19.8. The third-order valence-electron chi connectivity index (χ3n) is 6.02. The number of carbonyl (C=O) groups excluding carboxylic acids is 1. The highest BCUT2D eigenvalue weighted by Gasteiger charge is 2.39. The maximum absolute atomic E-state index is 13.5. The summed E-state index contributed by atoms with van der Waals surface area (Å²) in [4.78, 5) is 17.8. The summed E-state index contributed by atoms with van der Waals surface area (Å²) in [6.45, 7) is 0. The Labute approximate surface area is 184 Å². The number of methoxy groups -OCH3 is 2. The van der Waals surface area contributed by atoms with Crippen molar-refractivity contribution in [2.24, 2.45) is 0 Å². The van der Waals surface area contributed by atoms with Crippen LogP contribution >= 0.6 is 0 Å². The van der Waals surface area contributed by atoms with E-state index in [1.807, 2.05) is 18.2 Å². The molecule has 32 heavy (non-hydrogen) atoms. The second kappa shape index (κ2) is 7.60. The molecule has 0 radical (unpaired) electrons. The Morgan fingerprint density at radius 1 is 1.06 bits per heavy atom. The lowest BCUT2D eigenvalue weighted by atomic mass is 9.78. The number of nitrogens with zero attached hydrogens (tertiary/aromatic N) is 3. The monoisotopic (exact) mass is 433 g/mol. The van der Waals surface area contributed by atoms with Gasteiger partial charge >= 0.3 is 0 Å². The summed E-state index contributed by atoms with van der Waals surface area (Å²) in [7, 11) is 3.19. The first kappa shape index (κ1) is 19.9. The fraction of sp³-hybridized carbons (Fsp3) is 0.261. The fourth-order valence-corrected chi connectivity index (χ4v) is 4.54. The van der Waals surface area contributed by atoms with Crippen LogP contribution in [0.3, 0.4) is 0 Å². The number of hydrogen-bond acceptors (Lipinski definition) is 8. The van der Waals surface area contributed by atoms with Crippen molar-refractivity contribution in [1.29, 1.82) is 0 Å². The van der Waals surface area contributed by atoms with Crippen LogP contribution in [0, 0.1) is 0 Å².